The molecule has 0 spiro atoms. The first-order chi connectivity index (χ1) is 12.2. The Morgan fingerprint density at radius 2 is 1.32 bits per heavy atom. The Bertz CT molecular complexity index is 633. The molecule has 0 fully saturated rings. The fourth-order valence-electron chi connectivity index (χ4n) is 2.44. The molecule has 2 rings (SSSR count). The molecule has 0 heterocycles. The van der Waals surface area contributed by atoms with Crippen LogP contribution in [0.4, 0.5) is 17.1 Å². The Hall–Kier alpha value is -2.36. The number of hydrogen-bond acceptors (Lipinski definition) is 4. The van der Waals surface area contributed by atoms with E-state index < -0.39 is 0 Å². The first kappa shape index (κ1) is 19.0. The summed E-state index contributed by atoms with van der Waals surface area (Å²) in [5.74, 6) is 0.893. The largest absolute Gasteiger partial charge is 0.494 e. The molecule has 4 heteroatoms. The van der Waals surface area contributed by atoms with Gasteiger partial charge in [0.2, 0.25) is 0 Å². The van der Waals surface area contributed by atoms with E-state index in [-0.39, 0.29) is 0 Å². The van der Waals surface area contributed by atoms with E-state index in [0.29, 0.717) is 0 Å². The zero-order chi connectivity index (χ0) is 17.9. The van der Waals surface area contributed by atoms with Gasteiger partial charge in [-0.25, -0.2) is 0 Å². The van der Waals surface area contributed by atoms with Crippen molar-refractivity contribution in [3.8, 4) is 5.75 Å². The topological polar surface area (TPSA) is 37.2 Å². The number of nitrogens with zero attached hydrogens (tertiary/aromatic N) is 3. The van der Waals surface area contributed by atoms with Gasteiger partial charge < -0.3 is 9.64 Å². The fourth-order valence-corrected chi connectivity index (χ4v) is 2.44. The Morgan fingerprint density at radius 1 is 0.760 bits per heavy atom. The minimum atomic E-state index is 0.781. The summed E-state index contributed by atoms with van der Waals surface area (Å²) in [5, 5.41) is 8.55. The van der Waals surface area contributed by atoms with Crippen molar-refractivity contribution in [3.05, 3.63) is 48.5 Å². The van der Waals surface area contributed by atoms with E-state index in [4.69, 9.17) is 4.74 Å². The van der Waals surface area contributed by atoms with Crippen LogP contribution in [0.15, 0.2) is 58.8 Å². The highest BCUT2D eigenvalue weighted by Crippen LogP contribution is 2.23. The second kappa shape index (κ2) is 10.5. The Labute approximate surface area is 151 Å². The van der Waals surface area contributed by atoms with Crippen molar-refractivity contribution in [2.45, 2.75) is 39.0 Å². The van der Waals surface area contributed by atoms with Crippen LogP contribution in [0.1, 0.15) is 39.0 Å². The summed E-state index contributed by atoms with van der Waals surface area (Å²) in [6, 6.07) is 15.8. The van der Waals surface area contributed by atoms with Gasteiger partial charge in [0.05, 0.1) is 18.0 Å². The van der Waals surface area contributed by atoms with Crippen LogP contribution in [-0.2, 0) is 0 Å². The number of anilines is 1. The molecule has 0 bridgehead atoms. The van der Waals surface area contributed by atoms with Gasteiger partial charge in [0.25, 0.3) is 0 Å². The predicted octanol–water partition coefficient (Wildman–Crippen LogP) is 6.52. The molecule has 4 nitrogen and oxygen atoms in total. The number of hydrogen-bond donors (Lipinski definition) is 0. The summed E-state index contributed by atoms with van der Waals surface area (Å²) in [5.41, 5.74) is 2.82. The van der Waals surface area contributed by atoms with E-state index in [0.717, 1.165) is 35.8 Å². The van der Waals surface area contributed by atoms with Crippen LogP contribution in [0.2, 0.25) is 0 Å². The van der Waals surface area contributed by atoms with Crippen LogP contribution >= 0.6 is 0 Å². The van der Waals surface area contributed by atoms with Gasteiger partial charge in [0.15, 0.2) is 0 Å². The first-order valence-corrected chi connectivity index (χ1v) is 9.11. The smallest absolute Gasteiger partial charge is 0.119 e. The Balaban J connectivity index is 1.79. The third kappa shape index (κ3) is 6.96. The Kier molecular flexibility index (Phi) is 7.96. The molecule has 0 atom stereocenters. The molecule has 0 aliphatic carbocycles. The van der Waals surface area contributed by atoms with Crippen molar-refractivity contribution in [1.29, 1.82) is 0 Å². The molecule has 0 aliphatic rings. The lowest BCUT2D eigenvalue weighted by Crippen LogP contribution is -2.07. The number of unbranched alkanes of at least 4 members (excludes halogenated alkanes) is 4. The summed E-state index contributed by atoms with van der Waals surface area (Å²) in [6.45, 7) is 3.01. The third-order valence-electron chi connectivity index (χ3n) is 4.00. The molecule has 0 saturated heterocycles. The zero-order valence-corrected chi connectivity index (χ0v) is 15.6. The number of ether oxygens (including phenoxy) is 1. The normalized spacial score (nSPS) is 11.0. The van der Waals surface area contributed by atoms with Crippen LogP contribution in [-0.4, -0.2) is 20.7 Å². The van der Waals surface area contributed by atoms with Crippen LogP contribution < -0.4 is 9.64 Å². The van der Waals surface area contributed by atoms with Crippen molar-refractivity contribution in [3.63, 3.8) is 0 Å². The van der Waals surface area contributed by atoms with Crippen LogP contribution in [0.5, 0.6) is 5.75 Å². The molecule has 0 saturated carbocycles. The monoisotopic (exact) mass is 339 g/mol. The van der Waals surface area contributed by atoms with Crippen molar-refractivity contribution in [1.82, 2.24) is 0 Å². The molecule has 134 valence electrons. The van der Waals surface area contributed by atoms with Crippen molar-refractivity contribution in [2.24, 2.45) is 10.2 Å². The highest BCUT2D eigenvalue weighted by atomic mass is 16.5. The second-order valence-corrected chi connectivity index (χ2v) is 6.37. The standard InChI is InChI=1S/C21H29N3O/c1-4-5-6-7-8-17-25-21-15-11-19(12-16-21)23-22-18-9-13-20(14-10-18)24(2)3/h9-16H,4-8,17H2,1-3H3. The van der Waals surface area contributed by atoms with Crippen LogP contribution in [0.25, 0.3) is 0 Å². The quantitative estimate of drug-likeness (QED) is 0.365. The molecular formula is C21H29N3O. The van der Waals surface area contributed by atoms with Gasteiger partial charge in [-0.1, -0.05) is 32.6 Å². The molecule has 25 heavy (non-hydrogen) atoms. The predicted molar refractivity (Wildman–Crippen MR) is 106 cm³/mol. The molecule has 0 aromatic heterocycles. The van der Waals surface area contributed by atoms with Crippen LogP contribution in [0.3, 0.4) is 0 Å². The maximum atomic E-state index is 5.76. The summed E-state index contributed by atoms with van der Waals surface area (Å²) < 4.78 is 5.76. The number of rotatable bonds is 10. The molecule has 0 N–H and O–H groups in total. The molecule has 0 unspecified atom stereocenters. The molecule has 0 radical (unpaired) electrons. The van der Waals surface area contributed by atoms with E-state index in [1.807, 2.05) is 62.6 Å². The average Bonchev–Trinajstić information content (AvgIpc) is 2.64. The van der Waals surface area contributed by atoms with Gasteiger partial charge in [-0.3, -0.25) is 0 Å². The van der Waals surface area contributed by atoms with Gasteiger partial charge in [-0.05, 0) is 55.0 Å². The summed E-state index contributed by atoms with van der Waals surface area (Å²) in [6.07, 6.45) is 6.25. The zero-order valence-electron chi connectivity index (χ0n) is 15.6. The van der Waals surface area contributed by atoms with Crippen molar-refractivity contribution < 1.29 is 4.74 Å². The summed E-state index contributed by atoms with van der Waals surface area (Å²) in [7, 11) is 4.04. The molecule has 2 aromatic carbocycles. The van der Waals surface area contributed by atoms with E-state index in [1.165, 1.54) is 25.7 Å². The van der Waals surface area contributed by atoms with E-state index in [9.17, 15) is 0 Å². The first-order valence-electron chi connectivity index (χ1n) is 9.11. The second-order valence-electron chi connectivity index (χ2n) is 6.37. The maximum absolute atomic E-state index is 5.76. The minimum absolute atomic E-state index is 0.781. The lowest BCUT2D eigenvalue weighted by atomic mass is 10.2. The number of azo groups is 1. The SMILES string of the molecule is CCCCCCCOc1ccc(N=Nc2ccc(N(C)C)cc2)cc1. The number of benzene rings is 2. The van der Waals surface area contributed by atoms with Gasteiger partial charge in [-0.15, -0.1) is 0 Å². The minimum Gasteiger partial charge on any atom is -0.494 e. The van der Waals surface area contributed by atoms with Crippen molar-refractivity contribution in [2.75, 3.05) is 25.6 Å². The van der Waals surface area contributed by atoms with Gasteiger partial charge >= 0.3 is 0 Å². The van der Waals surface area contributed by atoms with Gasteiger partial charge in [0.1, 0.15) is 5.75 Å². The van der Waals surface area contributed by atoms with Gasteiger partial charge in [-0.2, -0.15) is 10.2 Å². The molecule has 2 aromatic rings. The molecular weight excluding hydrogens is 310 g/mol. The highest BCUT2D eigenvalue weighted by molar-refractivity contribution is 5.52. The van der Waals surface area contributed by atoms with Gasteiger partial charge in [0, 0.05) is 19.8 Å². The molecule has 0 amide bonds. The fraction of sp³-hybridized carbons (Fsp3) is 0.429. The Morgan fingerprint density at radius 3 is 1.88 bits per heavy atom. The third-order valence-corrected chi connectivity index (χ3v) is 4.00. The lowest BCUT2D eigenvalue weighted by Gasteiger charge is -2.11. The molecule has 0 aliphatic heterocycles. The van der Waals surface area contributed by atoms with E-state index in [2.05, 4.69) is 22.1 Å². The van der Waals surface area contributed by atoms with Crippen molar-refractivity contribution >= 4 is 17.1 Å². The highest BCUT2D eigenvalue weighted by Gasteiger charge is 1.97. The van der Waals surface area contributed by atoms with E-state index >= 15 is 0 Å². The van der Waals surface area contributed by atoms with E-state index in [1.54, 1.807) is 0 Å². The lowest BCUT2D eigenvalue weighted by molar-refractivity contribution is 0.304. The summed E-state index contributed by atoms with van der Waals surface area (Å²) >= 11 is 0. The average molecular weight is 339 g/mol. The maximum Gasteiger partial charge on any atom is 0.119 e. The van der Waals surface area contributed by atoms with Crippen LogP contribution in [0, 0.1) is 0 Å². The summed E-state index contributed by atoms with van der Waals surface area (Å²) in [4.78, 5) is 2.06.